The van der Waals surface area contributed by atoms with Crippen LogP contribution in [-0.4, -0.2) is 50.0 Å². The van der Waals surface area contributed by atoms with Crippen LogP contribution in [0.4, 0.5) is 36.6 Å². The van der Waals surface area contributed by atoms with Crippen LogP contribution < -0.4 is 4.90 Å². The van der Waals surface area contributed by atoms with Crippen LogP contribution in [0.2, 0.25) is 5.02 Å². The largest absolute Gasteiger partial charge is 0.436 e. The summed E-state index contributed by atoms with van der Waals surface area (Å²) in [6, 6.07) is 7.33. The van der Waals surface area contributed by atoms with Gasteiger partial charge in [0.05, 0.1) is 18.2 Å². The Labute approximate surface area is 235 Å². The third-order valence-electron chi connectivity index (χ3n) is 9.05. The van der Waals surface area contributed by atoms with Crippen molar-refractivity contribution in [2.24, 2.45) is 11.3 Å². The molecule has 3 fully saturated rings. The van der Waals surface area contributed by atoms with Crippen molar-refractivity contribution in [3.8, 4) is 5.69 Å². The van der Waals surface area contributed by atoms with Crippen LogP contribution in [0.15, 0.2) is 30.3 Å². The summed E-state index contributed by atoms with van der Waals surface area (Å²) in [6.07, 6.45) is -7.47. The maximum absolute atomic E-state index is 13.7. The van der Waals surface area contributed by atoms with E-state index in [0.29, 0.717) is 37.0 Å². The number of benzene rings is 1. The molecule has 2 aliphatic heterocycles. The molecule has 0 amide bonds. The molecule has 1 spiro atoms. The van der Waals surface area contributed by atoms with Gasteiger partial charge in [0.25, 0.3) is 0 Å². The molecule has 0 unspecified atom stereocenters. The van der Waals surface area contributed by atoms with Gasteiger partial charge in [-0.3, -0.25) is 9.47 Å². The molecule has 218 valence electrons. The number of fused-ring (bicyclic) bond motifs is 3. The fourth-order valence-electron chi connectivity index (χ4n) is 6.88. The van der Waals surface area contributed by atoms with Crippen LogP contribution in [0.5, 0.6) is 0 Å². The summed E-state index contributed by atoms with van der Waals surface area (Å²) in [5.74, 6) is -1.12. The van der Waals surface area contributed by atoms with E-state index in [-0.39, 0.29) is 36.0 Å². The van der Waals surface area contributed by atoms with Crippen LogP contribution in [0.1, 0.15) is 54.5 Å². The van der Waals surface area contributed by atoms with Gasteiger partial charge in [0.1, 0.15) is 11.6 Å². The van der Waals surface area contributed by atoms with Crippen molar-refractivity contribution in [1.82, 2.24) is 24.6 Å². The molecule has 2 saturated carbocycles. The molecule has 7 rings (SSSR count). The Morgan fingerprint density at radius 2 is 1.66 bits per heavy atom. The van der Waals surface area contributed by atoms with E-state index in [1.165, 1.54) is 6.07 Å². The minimum absolute atomic E-state index is 0.0510. The maximum Gasteiger partial charge on any atom is 0.436 e. The van der Waals surface area contributed by atoms with E-state index in [1.54, 1.807) is 11.0 Å². The molecule has 0 bridgehead atoms. The molecule has 2 aliphatic carbocycles. The fourth-order valence-corrected chi connectivity index (χ4v) is 7.08. The first-order valence-electron chi connectivity index (χ1n) is 13.3. The number of pyridine rings is 1. The third kappa shape index (κ3) is 4.55. The molecule has 3 aromatic rings. The number of nitrogens with zero attached hydrogens (tertiary/aromatic N) is 6. The highest BCUT2D eigenvalue weighted by Gasteiger charge is 2.55. The van der Waals surface area contributed by atoms with Crippen molar-refractivity contribution in [2.75, 3.05) is 18.0 Å². The summed E-state index contributed by atoms with van der Waals surface area (Å²) in [5.41, 5.74) is 0.116. The van der Waals surface area contributed by atoms with Crippen LogP contribution in [0, 0.1) is 17.2 Å². The van der Waals surface area contributed by atoms with E-state index in [0.717, 1.165) is 36.0 Å². The van der Waals surface area contributed by atoms with Crippen molar-refractivity contribution in [1.29, 1.82) is 0 Å². The first-order valence-corrected chi connectivity index (χ1v) is 13.7. The first-order chi connectivity index (χ1) is 19.3. The highest BCUT2D eigenvalue weighted by atomic mass is 35.5. The van der Waals surface area contributed by atoms with E-state index in [1.807, 2.05) is 21.6 Å². The second-order valence-electron chi connectivity index (χ2n) is 11.8. The molecule has 41 heavy (non-hydrogen) atoms. The van der Waals surface area contributed by atoms with Crippen molar-refractivity contribution in [3.05, 3.63) is 64.1 Å². The van der Waals surface area contributed by atoms with E-state index >= 15 is 0 Å². The highest BCUT2D eigenvalue weighted by Crippen LogP contribution is 2.57. The molecule has 0 N–H and O–H groups in total. The molecule has 4 heterocycles. The van der Waals surface area contributed by atoms with Crippen molar-refractivity contribution in [3.63, 3.8) is 0 Å². The fraction of sp³-hybridized carbons (Fsp3) is 0.519. The molecular formula is C27H24ClF7N6. The van der Waals surface area contributed by atoms with Gasteiger partial charge in [0, 0.05) is 42.0 Å². The molecule has 1 aromatic carbocycles. The van der Waals surface area contributed by atoms with Crippen LogP contribution in [0.25, 0.3) is 5.69 Å². The number of rotatable bonds is 3. The lowest BCUT2D eigenvalue weighted by molar-refractivity contribution is -0.207. The van der Waals surface area contributed by atoms with Gasteiger partial charge in [-0.1, -0.05) is 11.6 Å². The van der Waals surface area contributed by atoms with E-state index < -0.39 is 29.8 Å². The van der Waals surface area contributed by atoms with E-state index in [2.05, 4.69) is 15.2 Å². The van der Waals surface area contributed by atoms with Crippen molar-refractivity contribution < 1.29 is 30.7 Å². The number of anilines is 1. The predicted octanol–water partition coefficient (Wildman–Crippen LogP) is 6.51. The minimum Gasteiger partial charge on any atom is -0.355 e. The average molecular weight is 601 g/mol. The lowest BCUT2D eigenvalue weighted by atomic mass is 9.57. The SMILES string of the molecule is Fc1ccc(N2CC3(CC(c4nnc5n4-c4ccc(Cl)cc4CN(C4CC(C(F)(F)F)C4)C5)C3)C2)nc1C(F)(F)F. The number of alkyl halides is 6. The van der Waals surface area contributed by atoms with Gasteiger partial charge in [-0.25, -0.2) is 9.37 Å². The Kier molecular flexibility index (Phi) is 5.93. The standard InChI is InChI=1S/C27H24ClF7N6/c28-17-1-3-20-14(5-17)10-39(18-6-16(7-18)26(30,31)32)11-22-37-38-24(41(20)22)15-8-25(9-15)12-40(13-25)21-4-2-19(29)23(36-21)27(33,34)35/h1-5,15-16,18H,6-13H2. The Bertz CT molecular complexity index is 1500. The molecule has 6 nitrogen and oxygen atoms in total. The van der Waals surface area contributed by atoms with Gasteiger partial charge in [0.15, 0.2) is 17.3 Å². The van der Waals surface area contributed by atoms with Gasteiger partial charge in [-0.15, -0.1) is 10.2 Å². The summed E-state index contributed by atoms with van der Waals surface area (Å²) in [5, 5.41) is 9.48. The van der Waals surface area contributed by atoms with Crippen LogP contribution >= 0.6 is 11.6 Å². The Hall–Kier alpha value is -2.93. The van der Waals surface area contributed by atoms with Gasteiger partial charge < -0.3 is 4.90 Å². The normalized spacial score (nSPS) is 24.2. The van der Waals surface area contributed by atoms with E-state index in [9.17, 15) is 30.7 Å². The number of halogens is 8. The second kappa shape index (κ2) is 9.03. The van der Waals surface area contributed by atoms with Crippen LogP contribution in [0.3, 0.4) is 0 Å². The van der Waals surface area contributed by atoms with Gasteiger partial charge >= 0.3 is 12.4 Å². The summed E-state index contributed by atoms with van der Waals surface area (Å²) in [4.78, 5) is 7.27. The maximum atomic E-state index is 13.7. The quantitative estimate of drug-likeness (QED) is 0.321. The Morgan fingerprint density at radius 3 is 2.34 bits per heavy atom. The third-order valence-corrected chi connectivity index (χ3v) is 9.28. The molecular weight excluding hydrogens is 577 g/mol. The Balaban J connectivity index is 1.09. The molecule has 0 atom stereocenters. The monoisotopic (exact) mass is 600 g/mol. The lowest BCUT2D eigenvalue weighted by Crippen LogP contribution is -2.62. The summed E-state index contributed by atoms with van der Waals surface area (Å²) < 4.78 is 94.5. The summed E-state index contributed by atoms with van der Waals surface area (Å²) in [6.45, 7) is 1.81. The Morgan fingerprint density at radius 1 is 0.927 bits per heavy atom. The molecule has 0 radical (unpaired) electrons. The summed E-state index contributed by atoms with van der Waals surface area (Å²) >= 11 is 6.30. The van der Waals surface area contributed by atoms with Crippen molar-refractivity contribution in [2.45, 2.75) is 63.1 Å². The highest BCUT2D eigenvalue weighted by molar-refractivity contribution is 6.30. The lowest BCUT2D eigenvalue weighted by Gasteiger charge is -2.59. The van der Waals surface area contributed by atoms with Crippen molar-refractivity contribution >= 4 is 17.4 Å². The molecule has 14 heteroatoms. The zero-order valence-corrected chi connectivity index (χ0v) is 22.2. The zero-order valence-electron chi connectivity index (χ0n) is 21.5. The minimum atomic E-state index is -4.87. The first kappa shape index (κ1) is 26.9. The number of hydrogen-bond acceptors (Lipinski definition) is 5. The smallest absolute Gasteiger partial charge is 0.355 e. The molecule has 2 aromatic heterocycles. The molecule has 4 aliphatic rings. The second-order valence-corrected chi connectivity index (χ2v) is 12.2. The van der Waals surface area contributed by atoms with E-state index in [4.69, 9.17) is 11.6 Å². The van der Waals surface area contributed by atoms with Gasteiger partial charge in [-0.2, -0.15) is 26.3 Å². The summed E-state index contributed by atoms with van der Waals surface area (Å²) in [7, 11) is 0. The average Bonchev–Trinajstić information content (AvgIpc) is 3.11. The molecule has 1 saturated heterocycles. The zero-order chi connectivity index (χ0) is 28.9. The predicted molar refractivity (Wildman–Crippen MR) is 134 cm³/mol. The topological polar surface area (TPSA) is 50.1 Å². The van der Waals surface area contributed by atoms with Gasteiger partial charge in [0.2, 0.25) is 0 Å². The number of aromatic nitrogens is 4. The van der Waals surface area contributed by atoms with Gasteiger partial charge in [-0.05, 0) is 61.6 Å². The van der Waals surface area contributed by atoms with Crippen LogP contribution in [-0.2, 0) is 19.3 Å². The number of hydrogen-bond donors (Lipinski definition) is 0.